The first-order chi connectivity index (χ1) is 13.3. The first-order valence-electron chi connectivity index (χ1n) is 11.3. The molecule has 4 rings (SSSR count). The number of aromatic nitrogens is 2. The van der Waals surface area contributed by atoms with Gasteiger partial charge in [0.15, 0.2) is 0 Å². The van der Waals surface area contributed by atoms with E-state index in [4.69, 9.17) is 0 Å². The van der Waals surface area contributed by atoms with Gasteiger partial charge in [0, 0.05) is 57.8 Å². The third-order valence-corrected chi connectivity index (χ3v) is 7.78. The third kappa shape index (κ3) is 5.08. The second kappa shape index (κ2) is 9.77. The highest BCUT2D eigenvalue weighted by Gasteiger charge is 2.28. The summed E-state index contributed by atoms with van der Waals surface area (Å²) in [6, 6.07) is 1.59. The van der Waals surface area contributed by atoms with Crippen LogP contribution in [0.1, 0.15) is 62.4 Å². The molecule has 1 aromatic heterocycles. The van der Waals surface area contributed by atoms with Crippen LogP contribution in [-0.2, 0) is 12.8 Å². The molecule has 0 N–H and O–H groups in total. The van der Waals surface area contributed by atoms with E-state index in [1.807, 2.05) is 0 Å². The highest BCUT2D eigenvalue weighted by atomic mass is 32.1. The molecule has 6 heteroatoms. The highest BCUT2D eigenvalue weighted by Crippen LogP contribution is 2.26. The van der Waals surface area contributed by atoms with Crippen LogP contribution in [0.5, 0.6) is 0 Å². The van der Waals surface area contributed by atoms with E-state index < -0.39 is 0 Å². The van der Waals surface area contributed by atoms with E-state index in [0.29, 0.717) is 6.04 Å². The summed E-state index contributed by atoms with van der Waals surface area (Å²) in [6.07, 6.45) is 12.1. The van der Waals surface area contributed by atoms with E-state index in [1.165, 1.54) is 108 Å². The predicted octanol–water partition coefficient (Wildman–Crippen LogP) is 3.06. The molecule has 1 saturated heterocycles. The standard InChI is InChI=1S/C21H37N5S/c1-2-10-25(19-8-9-20-21(17-19)27-23-22-20)14-11-24-12-15-26(16-13-24)18-6-4-3-5-7-18/h18-19H,2-17H2,1H3. The Balaban J connectivity index is 1.23. The van der Waals surface area contributed by atoms with Gasteiger partial charge in [0.05, 0.1) is 10.6 Å². The summed E-state index contributed by atoms with van der Waals surface area (Å²) in [5.74, 6) is 0. The summed E-state index contributed by atoms with van der Waals surface area (Å²) < 4.78 is 4.17. The minimum atomic E-state index is 0.697. The fourth-order valence-electron chi connectivity index (χ4n) is 5.34. The Morgan fingerprint density at radius 3 is 2.63 bits per heavy atom. The van der Waals surface area contributed by atoms with Gasteiger partial charge < -0.3 is 0 Å². The van der Waals surface area contributed by atoms with Crippen molar-refractivity contribution in [1.29, 1.82) is 0 Å². The highest BCUT2D eigenvalue weighted by molar-refractivity contribution is 7.05. The average molecular weight is 392 g/mol. The summed E-state index contributed by atoms with van der Waals surface area (Å²) in [4.78, 5) is 9.70. The van der Waals surface area contributed by atoms with Gasteiger partial charge in [-0.3, -0.25) is 14.7 Å². The van der Waals surface area contributed by atoms with E-state index in [-0.39, 0.29) is 0 Å². The molecule has 1 unspecified atom stereocenters. The van der Waals surface area contributed by atoms with Crippen LogP contribution in [0.15, 0.2) is 0 Å². The number of piperazine rings is 1. The smallest absolute Gasteiger partial charge is 0.0788 e. The first-order valence-corrected chi connectivity index (χ1v) is 12.1. The SMILES string of the molecule is CCCN(CCN1CCN(C2CCCCC2)CC1)C1CCc2nnsc2C1. The topological polar surface area (TPSA) is 35.5 Å². The Morgan fingerprint density at radius 1 is 1.04 bits per heavy atom. The molecule has 152 valence electrons. The second-order valence-electron chi connectivity index (χ2n) is 8.74. The lowest BCUT2D eigenvalue weighted by molar-refractivity contribution is 0.0677. The van der Waals surface area contributed by atoms with Gasteiger partial charge in [-0.05, 0) is 50.2 Å². The molecule has 2 aliphatic carbocycles. The molecule has 27 heavy (non-hydrogen) atoms. The lowest BCUT2D eigenvalue weighted by Gasteiger charge is -2.42. The molecule has 1 atom stereocenters. The minimum Gasteiger partial charge on any atom is -0.300 e. The van der Waals surface area contributed by atoms with Crippen molar-refractivity contribution < 1.29 is 0 Å². The summed E-state index contributed by atoms with van der Waals surface area (Å²) >= 11 is 1.62. The molecular weight excluding hydrogens is 354 g/mol. The van der Waals surface area contributed by atoms with Gasteiger partial charge in [0.1, 0.15) is 0 Å². The monoisotopic (exact) mass is 391 g/mol. The zero-order valence-corrected chi connectivity index (χ0v) is 17.9. The second-order valence-corrected chi connectivity index (χ2v) is 9.58. The van der Waals surface area contributed by atoms with Gasteiger partial charge in [-0.1, -0.05) is 30.7 Å². The van der Waals surface area contributed by atoms with E-state index in [9.17, 15) is 0 Å². The Hall–Kier alpha value is -0.560. The summed E-state index contributed by atoms with van der Waals surface area (Å²) in [5, 5.41) is 4.30. The van der Waals surface area contributed by atoms with Gasteiger partial charge in [-0.25, -0.2) is 0 Å². The quantitative estimate of drug-likeness (QED) is 0.714. The van der Waals surface area contributed by atoms with Crippen molar-refractivity contribution in [3.8, 4) is 0 Å². The first kappa shape index (κ1) is 19.7. The number of hydrogen-bond acceptors (Lipinski definition) is 6. The van der Waals surface area contributed by atoms with Crippen molar-refractivity contribution >= 4 is 11.5 Å². The largest absolute Gasteiger partial charge is 0.300 e. The van der Waals surface area contributed by atoms with Gasteiger partial charge in [0.2, 0.25) is 0 Å². The van der Waals surface area contributed by atoms with Gasteiger partial charge in [-0.2, -0.15) is 0 Å². The van der Waals surface area contributed by atoms with Crippen molar-refractivity contribution in [1.82, 2.24) is 24.3 Å². The third-order valence-electron chi connectivity index (χ3n) is 7.00. The number of fused-ring (bicyclic) bond motifs is 1. The predicted molar refractivity (Wildman–Crippen MR) is 112 cm³/mol. The molecule has 1 aliphatic heterocycles. The van der Waals surface area contributed by atoms with Crippen LogP contribution in [0.4, 0.5) is 0 Å². The molecule has 5 nitrogen and oxygen atoms in total. The zero-order valence-electron chi connectivity index (χ0n) is 17.1. The number of rotatable bonds is 7. The van der Waals surface area contributed by atoms with E-state index in [2.05, 4.69) is 31.2 Å². The van der Waals surface area contributed by atoms with Crippen LogP contribution < -0.4 is 0 Å². The van der Waals surface area contributed by atoms with Crippen LogP contribution in [0.3, 0.4) is 0 Å². The molecule has 1 aromatic rings. The fourth-order valence-corrected chi connectivity index (χ4v) is 6.09. The molecule has 2 fully saturated rings. The number of aryl methyl sites for hydroxylation is 1. The van der Waals surface area contributed by atoms with Crippen LogP contribution >= 0.6 is 11.5 Å². The van der Waals surface area contributed by atoms with E-state index >= 15 is 0 Å². The fraction of sp³-hybridized carbons (Fsp3) is 0.905. The van der Waals surface area contributed by atoms with E-state index in [1.54, 1.807) is 11.5 Å². The van der Waals surface area contributed by atoms with Crippen LogP contribution in [-0.4, -0.2) is 82.2 Å². The van der Waals surface area contributed by atoms with Gasteiger partial charge >= 0.3 is 0 Å². The lowest BCUT2D eigenvalue weighted by Crippen LogP contribution is -2.52. The molecule has 0 amide bonds. The Kier molecular flexibility index (Phi) is 7.14. The molecule has 2 heterocycles. The molecule has 0 spiro atoms. The number of nitrogens with zero attached hydrogens (tertiary/aromatic N) is 5. The normalized spacial score (nSPS) is 25.8. The minimum absolute atomic E-state index is 0.697. The summed E-state index contributed by atoms with van der Waals surface area (Å²) in [7, 11) is 0. The molecule has 0 radical (unpaired) electrons. The van der Waals surface area contributed by atoms with Gasteiger partial charge in [-0.15, -0.1) is 5.10 Å². The maximum Gasteiger partial charge on any atom is 0.0788 e. The van der Waals surface area contributed by atoms with Crippen molar-refractivity contribution in [2.24, 2.45) is 0 Å². The molecule has 1 saturated carbocycles. The molecule has 3 aliphatic rings. The lowest BCUT2D eigenvalue weighted by atomic mass is 9.94. The maximum absolute atomic E-state index is 4.30. The van der Waals surface area contributed by atoms with Crippen molar-refractivity contribution in [3.05, 3.63) is 10.6 Å². The van der Waals surface area contributed by atoms with Crippen molar-refractivity contribution in [2.45, 2.75) is 76.8 Å². The van der Waals surface area contributed by atoms with E-state index in [0.717, 1.165) is 12.5 Å². The summed E-state index contributed by atoms with van der Waals surface area (Å²) in [6.45, 7) is 11.1. The van der Waals surface area contributed by atoms with Crippen LogP contribution in [0.25, 0.3) is 0 Å². The average Bonchev–Trinajstić information content (AvgIpc) is 3.20. The Bertz CT molecular complexity index is 563. The molecule has 0 aromatic carbocycles. The van der Waals surface area contributed by atoms with Crippen LogP contribution in [0.2, 0.25) is 0 Å². The van der Waals surface area contributed by atoms with Crippen molar-refractivity contribution in [3.63, 3.8) is 0 Å². The molecule has 0 bridgehead atoms. The Labute approximate surface area is 169 Å². The Morgan fingerprint density at radius 2 is 1.85 bits per heavy atom. The van der Waals surface area contributed by atoms with Gasteiger partial charge in [0.25, 0.3) is 0 Å². The molecular formula is C21H37N5S. The maximum atomic E-state index is 4.30. The summed E-state index contributed by atoms with van der Waals surface area (Å²) in [5.41, 5.74) is 1.27. The van der Waals surface area contributed by atoms with Crippen molar-refractivity contribution in [2.75, 3.05) is 45.8 Å². The zero-order chi connectivity index (χ0) is 18.5. The van der Waals surface area contributed by atoms with Crippen LogP contribution in [0, 0.1) is 0 Å². The number of hydrogen-bond donors (Lipinski definition) is 0.